The zero-order valence-corrected chi connectivity index (χ0v) is 12.1. The molecule has 1 amide bonds. The van der Waals surface area contributed by atoms with Crippen LogP contribution in [0.4, 0.5) is 4.79 Å². The molecule has 1 rings (SSSR count). The lowest BCUT2D eigenvalue weighted by molar-refractivity contribution is -0.139. The van der Waals surface area contributed by atoms with Crippen molar-refractivity contribution in [2.75, 3.05) is 0 Å². The molecule has 0 heterocycles. The fourth-order valence-electron chi connectivity index (χ4n) is 2.41. The number of amides is 1. The summed E-state index contributed by atoms with van der Waals surface area (Å²) in [7, 11) is 0. The number of rotatable bonds is 5. The number of carboxylic acids is 1. The molecule has 1 atom stereocenters. The second-order valence-corrected chi connectivity index (χ2v) is 6.26. The van der Waals surface area contributed by atoms with Crippen molar-refractivity contribution < 1.29 is 19.4 Å². The van der Waals surface area contributed by atoms with Crippen LogP contribution in [0.25, 0.3) is 0 Å². The number of aliphatic carboxylic acids is 1. The molecule has 0 aliphatic heterocycles. The monoisotopic (exact) mass is 271 g/mol. The third kappa shape index (κ3) is 6.45. The van der Waals surface area contributed by atoms with Crippen molar-refractivity contribution >= 4 is 12.1 Å². The maximum absolute atomic E-state index is 11.6. The highest BCUT2D eigenvalue weighted by atomic mass is 16.6. The van der Waals surface area contributed by atoms with Crippen LogP contribution in [-0.4, -0.2) is 28.8 Å². The van der Waals surface area contributed by atoms with E-state index >= 15 is 0 Å². The van der Waals surface area contributed by atoms with E-state index in [2.05, 4.69) is 5.32 Å². The van der Waals surface area contributed by atoms with E-state index in [0.717, 1.165) is 6.42 Å². The van der Waals surface area contributed by atoms with Gasteiger partial charge in [-0.2, -0.15) is 0 Å². The van der Waals surface area contributed by atoms with E-state index < -0.39 is 23.7 Å². The Morgan fingerprint density at radius 3 is 2.37 bits per heavy atom. The molecule has 0 saturated heterocycles. The first-order valence-corrected chi connectivity index (χ1v) is 7.00. The Kier molecular flexibility index (Phi) is 5.63. The first kappa shape index (κ1) is 15.8. The largest absolute Gasteiger partial charge is 0.480 e. The van der Waals surface area contributed by atoms with Gasteiger partial charge in [-0.15, -0.1) is 0 Å². The summed E-state index contributed by atoms with van der Waals surface area (Å²) in [5.74, 6) is -0.383. The van der Waals surface area contributed by atoms with Crippen LogP contribution in [0.5, 0.6) is 0 Å². The summed E-state index contributed by atoms with van der Waals surface area (Å²) in [6, 6.07) is -0.851. The summed E-state index contributed by atoms with van der Waals surface area (Å²) < 4.78 is 5.08. The second kappa shape index (κ2) is 6.78. The number of carboxylic acid groups (broad SMARTS) is 1. The number of alkyl carbamates (subject to hydrolysis) is 1. The Morgan fingerprint density at radius 1 is 1.32 bits per heavy atom. The summed E-state index contributed by atoms with van der Waals surface area (Å²) >= 11 is 0. The van der Waals surface area contributed by atoms with Gasteiger partial charge in [-0.25, -0.2) is 9.59 Å². The van der Waals surface area contributed by atoms with Gasteiger partial charge in [-0.05, 0) is 39.5 Å². The van der Waals surface area contributed by atoms with Gasteiger partial charge in [0.05, 0.1) is 0 Å². The van der Waals surface area contributed by atoms with E-state index in [9.17, 15) is 9.59 Å². The molecule has 0 radical (unpaired) electrons. The highest BCUT2D eigenvalue weighted by molar-refractivity contribution is 5.79. The Morgan fingerprint density at radius 2 is 1.89 bits per heavy atom. The number of nitrogens with one attached hydrogen (secondary N) is 1. The van der Waals surface area contributed by atoms with Crippen molar-refractivity contribution in [2.45, 2.75) is 70.9 Å². The molecule has 1 aliphatic rings. The van der Waals surface area contributed by atoms with Crippen molar-refractivity contribution in [1.29, 1.82) is 0 Å². The van der Waals surface area contributed by atoms with Gasteiger partial charge in [0.25, 0.3) is 0 Å². The molecule has 1 fully saturated rings. The molecule has 0 aromatic carbocycles. The molecular formula is C14H25NO4. The second-order valence-electron chi connectivity index (χ2n) is 6.26. The fraction of sp³-hybridized carbons (Fsp3) is 0.857. The fourth-order valence-corrected chi connectivity index (χ4v) is 2.41. The highest BCUT2D eigenvalue weighted by Crippen LogP contribution is 2.29. The summed E-state index contributed by atoms with van der Waals surface area (Å²) in [6.07, 6.45) is 5.50. The predicted molar refractivity (Wildman–Crippen MR) is 72.0 cm³/mol. The third-order valence-electron chi connectivity index (χ3n) is 3.33. The minimum atomic E-state index is -0.996. The van der Waals surface area contributed by atoms with E-state index in [1.54, 1.807) is 20.8 Å². The zero-order chi connectivity index (χ0) is 14.5. The van der Waals surface area contributed by atoms with Crippen LogP contribution in [0.3, 0.4) is 0 Å². The van der Waals surface area contributed by atoms with Gasteiger partial charge in [0.1, 0.15) is 11.6 Å². The topological polar surface area (TPSA) is 75.6 Å². The van der Waals surface area contributed by atoms with E-state index in [4.69, 9.17) is 9.84 Å². The van der Waals surface area contributed by atoms with Crippen LogP contribution in [0.1, 0.15) is 59.3 Å². The summed E-state index contributed by atoms with van der Waals surface area (Å²) in [5.41, 5.74) is -0.613. The smallest absolute Gasteiger partial charge is 0.408 e. The van der Waals surface area contributed by atoms with Gasteiger partial charge in [-0.1, -0.05) is 25.7 Å². The van der Waals surface area contributed by atoms with Crippen molar-refractivity contribution in [3.05, 3.63) is 0 Å². The summed E-state index contributed by atoms with van der Waals surface area (Å²) in [6.45, 7) is 5.25. The quantitative estimate of drug-likeness (QED) is 0.806. The first-order chi connectivity index (χ1) is 8.78. The maximum atomic E-state index is 11.6. The number of ether oxygens (including phenoxy) is 1. The molecule has 5 nitrogen and oxygen atoms in total. The van der Waals surface area contributed by atoms with E-state index in [0.29, 0.717) is 12.3 Å². The van der Waals surface area contributed by atoms with Gasteiger partial charge >= 0.3 is 12.1 Å². The molecule has 0 aromatic rings. The molecule has 110 valence electrons. The Hall–Kier alpha value is -1.26. The number of carbonyl (C=O) groups is 2. The van der Waals surface area contributed by atoms with Gasteiger partial charge in [0, 0.05) is 0 Å². The number of carbonyl (C=O) groups excluding carboxylic acids is 1. The van der Waals surface area contributed by atoms with Crippen LogP contribution < -0.4 is 5.32 Å². The van der Waals surface area contributed by atoms with E-state index in [1.165, 1.54) is 25.7 Å². The molecule has 0 spiro atoms. The normalized spacial score (nSPS) is 18.1. The maximum Gasteiger partial charge on any atom is 0.408 e. The molecule has 0 bridgehead atoms. The molecule has 1 aliphatic carbocycles. The standard InChI is InChI=1S/C14H25NO4/c1-14(2,3)19-13(18)15-11(12(16)17)9-8-10-6-4-5-7-10/h10-11H,4-9H2,1-3H3,(H,15,18)(H,16,17)/t11-/m0/s1. The Labute approximate surface area is 114 Å². The number of hydrogen-bond acceptors (Lipinski definition) is 3. The minimum Gasteiger partial charge on any atom is -0.480 e. The van der Waals surface area contributed by atoms with Gasteiger partial charge < -0.3 is 15.2 Å². The van der Waals surface area contributed by atoms with Crippen LogP contribution >= 0.6 is 0 Å². The van der Waals surface area contributed by atoms with Gasteiger partial charge in [-0.3, -0.25) is 0 Å². The van der Waals surface area contributed by atoms with Crippen molar-refractivity contribution in [3.63, 3.8) is 0 Å². The van der Waals surface area contributed by atoms with Crippen LogP contribution in [0.2, 0.25) is 0 Å². The zero-order valence-electron chi connectivity index (χ0n) is 12.1. The van der Waals surface area contributed by atoms with Crippen molar-refractivity contribution in [3.8, 4) is 0 Å². The molecule has 2 N–H and O–H groups in total. The van der Waals surface area contributed by atoms with Crippen molar-refractivity contribution in [1.82, 2.24) is 5.32 Å². The van der Waals surface area contributed by atoms with Crippen molar-refractivity contribution in [2.24, 2.45) is 5.92 Å². The lowest BCUT2D eigenvalue weighted by Crippen LogP contribution is -2.43. The van der Waals surface area contributed by atoms with Crippen LogP contribution in [-0.2, 0) is 9.53 Å². The Balaban J connectivity index is 2.39. The molecule has 1 saturated carbocycles. The van der Waals surface area contributed by atoms with Gasteiger partial charge in [0.15, 0.2) is 0 Å². The third-order valence-corrected chi connectivity index (χ3v) is 3.33. The molecule has 0 unspecified atom stereocenters. The molecular weight excluding hydrogens is 246 g/mol. The molecule has 19 heavy (non-hydrogen) atoms. The predicted octanol–water partition coefficient (Wildman–Crippen LogP) is 2.93. The molecule has 0 aromatic heterocycles. The molecule has 5 heteroatoms. The van der Waals surface area contributed by atoms with Gasteiger partial charge in [0.2, 0.25) is 0 Å². The van der Waals surface area contributed by atoms with Crippen LogP contribution in [0.15, 0.2) is 0 Å². The van der Waals surface area contributed by atoms with Crippen LogP contribution in [0, 0.1) is 5.92 Å². The highest BCUT2D eigenvalue weighted by Gasteiger charge is 2.25. The summed E-state index contributed by atoms with van der Waals surface area (Å²) in [5, 5.41) is 11.6. The summed E-state index contributed by atoms with van der Waals surface area (Å²) in [4.78, 5) is 22.7. The van der Waals surface area contributed by atoms with E-state index in [1.807, 2.05) is 0 Å². The first-order valence-electron chi connectivity index (χ1n) is 7.00. The average molecular weight is 271 g/mol. The van der Waals surface area contributed by atoms with E-state index in [-0.39, 0.29) is 0 Å². The minimum absolute atomic E-state index is 0.471. The number of hydrogen-bond donors (Lipinski definition) is 2. The Bertz CT molecular complexity index is 316. The lowest BCUT2D eigenvalue weighted by Gasteiger charge is -2.22. The average Bonchev–Trinajstić information content (AvgIpc) is 2.73. The SMILES string of the molecule is CC(C)(C)OC(=O)N[C@@H](CCC1CCCC1)C(=O)O. The lowest BCUT2D eigenvalue weighted by atomic mass is 9.98.